The number of aryl methyl sites for hydroxylation is 3. The molecule has 1 N–H and O–H groups in total. The number of aromatic nitrogens is 1. The maximum absolute atomic E-state index is 8.99. The third kappa shape index (κ3) is 2.56. The molecule has 1 heterocycles. The van der Waals surface area contributed by atoms with Crippen LogP contribution in [0.15, 0.2) is 18.2 Å². The van der Waals surface area contributed by atoms with E-state index in [1.54, 1.807) is 11.3 Å². The van der Waals surface area contributed by atoms with Crippen molar-refractivity contribution in [3.63, 3.8) is 0 Å². The maximum atomic E-state index is 8.99. The van der Waals surface area contributed by atoms with Gasteiger partial charge in [-0.25, -0.2) is 4.98 Å². The number of rotatable bonds is 3. The van der Waals surface area contributed by atoms with E-state index in [4.69, 9.17) is 5.11 Å². The van der Waals surface area contributed by atoms with Crippen molar-refractivity contribution < 1.29 is 5.11 Å². The molecule has 0 bridgehead atoms. The molecule has 0 amide bonds. The Kier molecular flexibility index (Phi) is 3.60. The van der Waals surface area contributed by atoms with E-state index in [1.807, 2.05) is 0 Å². The number of hydrogen-bond donors (Lipinski definition) is 1. The second kappa shape index (κ2) is 4.98. The predicted molar refractivity (Wildman–Crippen MR) is 72.6 cm³/mol. The molecule has 0 radical (unpaired) electrons. The van der Waals surface area contributed by atoms with Crippen LogP contribution in [-0.4, -0.2) is 16.7 Å². The summed E-state index contributed by atoms with van der Waals surface area (Å²) in [6.45, 7) is 6.43. The van der Waals surface area contributed by atoms with Crippen LogP contribution in [0.5, 0.6) is 0 Å². The first-order valence-electron chi connectivity index (χ1n) is 5.76. The number of aliphatic hydroxyl groups excluding tert-OH is 1. The van der Waals surface area contributed by atoms with E-state index < -0.39 is 0 Å². The molecule has 2 rings (SSSR count). The maximum Gasteiger partial charge on any atom is 0.124 e. The third-order valence-corrected chi connectivity index (χ3v) is 3.91. The smallest absolute Gasteiger partial charge is 0.124 e. The van der Waals surface area contributed by atoms with Crippen LogP contribution in [0.3, 0.4) is 0 Å². The molecular formula is C14H17NOS. The number of nitrogens with zero attached hydrogens (tertiary/aromatic N) is 1. The van der Waals surface area contributed by atoms with Crippen LogP contribution in [0, 0.1) is 20.8 Å². The van der Waals surface area contributed by atoms with Gasteiger partial charge in [0.05, 0.1) is 5.69 Å². The summed E-state index contributed by atoms with van der Waals surface area (Å²) < 4.78 is 0. The molecule has 0 fully saturated rings. The van der Waals surface area contributed by atoms with Crippen molar-refractivity contribution in [2.24, 2.45) is 0 Å². The molecule has 3 heteroatoms. The Morgan fingerprint density at radius 3 is 2.71 bits per heavy atom. The van der Waals surface area contributed by atoms with Gasteiger partial charge in [-0.1, -0.05) is 17.7 Å². The zero-order valence-corrected chi connectivity index (χ0v) is 11.3. The monoisotopic (exact) mass is 247 g/mol. The van der Waals surface area contributed by atoms with Crippen molar-refractivity contribution in [2.75, 3.05) is 6.61 Å². The van der Waals surface area contributed by atoms with E-state index in [1.165, 1.54) is 21.6 Å². The minimum Gasteiger partial charge on any atom is -0.396 e. The highest BCUT2D eigenvalue weighted by atomic mass is 32.1. The van der Waals surface area contributed by atoms with Gasteiger partial charge >= 0.3 is 0 Å². The molecule has 2 aromatic rings. The topological polar surface area (TPSA) is 33.1 Å². The van der Waals surface area contributed by atoms with Crippen LogP contribution in [0.1, 0.15) is 21.7 Å². The van der Waals surface area contributed by atoms with Crippen LogP contribution >= 0.6 is 11.3 Å². The highest BCUT2D eigenvalue weighted by molar-refractivity contribution is 7.15. The Bertz CT molecular complexity index is 531. The second-order valence-corrected chi connectivity index (χ2v) is 5.52. The second-order valence-electron chi connectivity index (χ2n) is 4.31. The lowest BCUT2D eigenvalue weighted by Gasteiger charge is -2.03. The fourth-order valence-electron chi connectivity index (χ4n) is 1.85. The van der Waals surface area contributed by atoms with Gasteiger partial charge in [-0.2, -0.15) is 0 Å². The van der Waals surface area contributed by atoms with Gasteiger partial charge in [0.1, 0.15) is 5.01 Å². The van der Waals surface area contributed by atoms with Gasteiger partial charge in [0.2, 0.25) is 0 Å². The van der Waals surface area contributed by atoms with E-state index in [-0.39, 0.29) is 6.61 Å². The summed E-state index contributed by atoms with van der Waals surface area (Å²) in [6, 6.07) is 6.43. The van der Waals surface area contributed by atoms with Crippen LogP contribution in [0.4, 0.5) is 0 Å². The molecule has 0 aliphatic carbocycles. The molecule has 0 saturated carbocycles. The Morgan fingerprint density at radius 2 is 2.00 bits per heavy atom. The van der Waals surface area contributed by atoms with Gasteiger partial charge < -0.3 is 5.11 Å². The quantitative estimate of drug-likeness (QED) is 0.903. The Hall–Kier alpha value is -1.19. The van der Waals surface area contributed by atoms with Crippen LogP contribution in [-0.2, 0) is 6.42 Å². The normalized spacial score (nSPS) is 10.8. The van der Waals surface area contributed by atoms with Crippen molar-refractivity contribution >= 4 is 11.3 Å². The largest absolute Gasteiger partial charge is 0.396 e. The molecule has 1 aromatic heterocycles. The zero-order valence-electron chi connectivity index (χ0n) is 10.4. The molecule has 90 valence electrons. The van der Waals surface area contributed by atoms with Gasteiger partial charge in [0, 0.05) is 23.5 Å². The SMILES string of the molecule is Cc1ccc(C)c(-c2nc(CCO)c(C)s2)c1. The molecule has 1 aromatic carbocycles. The molecule has 0 atom stereocenters. The molecule has 17 heavy (non-hydrogen) atoms. The highest BCUT2D eigenvalue weighted by Gasteiger charge is 2.10. The number of aliphatic hydroxyl groups is 1. The van der Waals surface area contributed by atoms with Crippen molar-refractivity contribution in [1.82, 2.24) is 4.98 Å². The summed E-state index contributed by atoms with van der Waals surface area (Å²) in [5.74, 6) is 0. The first kappa shape index (κ1) is 12.3. The average molecular weight is 247 g/mol. The molecule has 0 aliphatic rings. The van der Waals surface area contributed by atoms with E-state index in [2.05, 4.69) is 44.0 Å². The van der Waals surface area contributed by atoms with Gasteiger partial charge in [-0.05, 0) is 32.4 Å². The summed E-state index contributed by atoms with van der Waals surface area (Å²) in [7, 11) is 0. The van der Waals surface area contributed by atoms with Crippen LogP contribution in [0.25, 0.3) is 10.6 Å². The minimum atomic E-state index is 0.164. The molecule has 0 spiro atoms. The standard InChI is InChI=1S/C14H17NOS/c1-9-4-5-10(2)12(8-9)14-15-13(6-7-16)11(3)17-14/h4-5,8,16H,6-7H2,1-3H3. The van der Waals surface area contributed by atoms with Crippen molar-refractivity contribution in [2.45, 2.75) is 27.2 Å². The summed E-state index contributed by atoms with van der Waals surface area (Å²) >= 11 is 1.71. The van der Waals surface area contributed by atoms with E-state index in [0.717, 1.165) is 10.7 Å². The molecular weight excluding hydrogens is 230 g/mol. The van der Waals surface area contributed by atoms with E-state index in [0.29, 0.717) is 6.42 Å². The first-order valence-corrected chi connectivity index (χ1v) is 6.58. The average Bonchev–Trinajstić information content (AvgIpc) is 2.64. The number of benzene rings is 1. The molecule has 0 unspecified atom stereocenters. The van der Waals surface area contributed by atoms with Gasteiger partial charge in [0.15, 0.2) is 0 Å². The summed E-state index contributed by atoms with van der Waals surface area (Å²) in [5, 5.41) is 10.0. The number of thiazole rings is 1. The Morgan fingerprint density at radius 1 is 1.24 bits per heavy atom. The first-order chi connectivity index (χ1) is 8.11. The Balaban J connectivity index is 2.45. The van der Waals surface area contributed by atoms with Crippen LogP contribution in [0.2, 0.25) is 0 Å². The summed E-state index contributed by atoms with van der Waals surface area (Å²) in [4.78, 5) is 5.83. The fourth-order valence-corrected chi connectivity index (χ4v) is 2.89. The van der Waals surface area contributed by atoms with Crippen molar-refractivity contribution in [1.29, 1.82) is 0 Å². The molecule has 2 nitrogen and oxygen atoms in total. The molecule has 0 aliphatic heterocycles. The highest BCUT2D eigenvalue weighted by Crippen LogP contribution is 2.30. The van der Waals surface area contributed by atoms with E-state index in [9.17, 15) is 0 Å². The zero-order chi connectivity index (χ0) is 12.4. The lowest BCUT2D eigenvalue weighted by Crippen LogP contribution is -1.93. The Labute approximate surface area is 106 Å². The van der Waals surface area contributed by atoms with Crippen LogP contribution < -0.4 is 0 Å². The van der Waals surface area contributed by atoms with Gasteiger partial charge in [0.25, 0.3) is 0 Å². The fraction of sp³-hybridized carbons (Fsp3) is 0.357. The van der Waals surface area contributed by atoms with Crippen molar-refractivity contribution in [3.8, 4) is 10.6 Å². The van der Waals surface area contributed by atoms with E-state index >= 15 is 0 Å². The van der Waals surface area contributed by atoms with Crippen molar-refractivity contribution in [3.05, 3.63) is 39.9 Å². The van der Waals surface area contributed by atoms with Gasteiger partial charge in [-0.15, -0.1) is 11.3 Å². The number of hydrogen-bond acceptors (Lipinski definition) is 3. The summed E-state index contributed by atoms with van der Waals surface area (Å²) in [6.07, 6.45) is 0.646. The lowest BCUT2D eigenvalue weighted by molar-refractivity contribution is 0.298. The van der Waals surface area contributed by atoms with Gasteiger partial charge in [-0.3, -0.25) is 0 Å². The lowest BCUT2D eigenvalue weighted by atomic mass is 10.1. The summed E-state index contributed by atoms with van der Waals surface area (Å²) in [5.41, 5.74) is 4.73. The minimum absolute atomic E-state index is 0.164. The third-order valence-electron chi connectivity index (χ3n) is 2.86. The predicted octanol–water partition coefficient (Wildman–Crippen LogP) is 3.27. The molecule has 0 saturated heterocycles.